The zero-order chi connectivity index (χ0) is 15.6. The van der Waals surface area contributed by atoms with E-state index in [-0.39, 0.29) is 19.6 Å². The molecule has 1 aliphatic rings. The van der Waals surface area contributed by atoms with E-state index in [1.54, 1.807) is 0 Å². The van der Waals surface area contributed by atoms with Gasteiger partial charge in [0.15, 0.2) is 0 Å². The first kappa shape index (κ1) is 16.9. The number of nitrogens with zero attached hydrogens (tertiary/aromatic N) is 1. The van der Waals surface area contributed by atoms with Crippen LogP contribution in [0.2, 0.25) is 0 Å². The van der Waals surface area contributed by atoms with Crippen LogP contribution < -0.4 is 10.5 Å². The Hall–Kier alpha value is -1.19. The summed E-state index contributed by atoms with van der Waals surface area (Å²) in [6, 6.07) is 0. The number of carboxylic acid groups (broad SMARTS) is 1. The van der Waals surface area contributed by atoms with Crippen molar-refractivity contribution in [3.05, 3.63) is 0 Å². The van der Waals surface area contributed by atoms with Gasteiger partial charge in [0.1, 0.15) is 0 Å². The largest absolute Gasteiger partial charge is 0.481 e. The zero-order valence-corrected chi connectivity index (χ0v) is 12.4. The van der Waals surface area contributed by atoms with E-state index in [4.69, 9.17) is 10.8 Å². The molecule has 116 valence electrons. The Morgan fingerprint density at radius 3 is 2.55 bits per heavy atom. The number of piperidine rings is 1. The second-order valence-electron chi connectivity index (χ2n) is 5.61. The van der Waals surface area contributed by atoms with Gasteiger partial charge in [-0.2, -0.15) is 12.7 Å². The lowest BCUT2D eigenvalue weighted by Gasteiger charge is -2.31. The van der Waals surface area contributed by atoms with E-state index >= 15 is 0 Å². The SMILES string of the molecule is CC(C)(CNS(=O)(=O)N1CCCC(C(=O)O)C1)C(N)=O. The van der Waals surface area contributed by atoms with Crippen molar-refractivity contribution < 1.29 is 23.1 Å². The number of aliphatic carboxylic acids is 1. The van der Waals surface area contributed by atoms with Crippen LogP contribution in [-0.2, 0) is 19.8 Å². The molecule has 0 radical (unpaired) electrons. The molecular weight excluding hydrogens is 286 g/mol. The normalized spacial score (nSPS) is 21.6. The molecule has 1 amide bonds. The average Bonchev–Trinajstić information content (AvgIpc) is 2.36. The van der Waals surface area contributed by atoms with E-state index < -0.39 is 33.4 Å². The second kappa shape index (κ2) is 6.06. The predicted octanol–water partition coefficient (Wildman–Crippen LogP) is -0.871. The van der Waals surface area contributed by atoms with Crippen molar-refractivity contribution >= 4 is 22.1 Å². The molecule has 0 spiro atoms. The van der Waals surface area contributed by atoms with Crippen molar-refractivity contribution in [3.63, 3.8) is 0 Å². The van der Waals surface area contributed by atoms with Gasteiger partial charge in [0.25, 0.3) is 10.2 Å². The monoisotopic (exact) mass is 307 g/mol. The molecule has 1 heterocycles. The summed E-state index contributed by atoms with van der Waals surface area (Å²) in [5.41, 5.74) is 4.17. The molecule has 1 unspecified atom stereocenters. The summed E-state index contributed by atoms with van der Waals surface area (Å²) >= 11 is 0. The number of carbonyl (C=O) groups excluding carboxylic acids is 1. The first-order valence-electron chi connectivity index (χ1n) is 6.34. The van der Waals surface area contributed by atoms with Crippen molar-refractivity contribution in [2.24, 2.45) is 17.1 Å². The molecular formula is C11H21N3O5S. The van der Waals surface area contributed by atoms with Gasteiger partial charge in [-0.15, -0.1) is 0 Å². The van der Waals surface area contributed by atoms with Gasteiger partial charge in [-0.3, -0.25) is 9.59 Å². The van der Waals surface area contributed by atoms with Crippen LogP contribution >= 0.6 is 0 Å². The Balaban J connectivity index is 2.69. The van der Waals surface area contributed by atoms with Crippen LogP contribution in [0, 0.1) is 11.3 Å². The Morgan fingerprint density at radius 1 is 1.45 bits per heavy atom. The highest BCUT2D eigenvalue weighted by atomic mass is 32.2. The summed E-state index contributed by atoms with van der Waals surface area (Å²) in [4.78, 5) is 22.1. The van der Waals surface area contributed by atoms with Crippen LogP contribution in [0.3, 0.4) is 0 Å². The van der Waals surface area contributed by atoms with Gasteiger partial charge in [0.2, 0.25) is 5.91 Å². The highest BCUT2D eigenvalue weighted by Crippen LogP contribution is 2.19. The number of rotatable bonds is 6. The van der Waals surface area contributed by atoms with Gasteiger partial charge < -0.3 is 10.8 Å². The number of nitrogens with one attached hydrogen (secondary N) is 1. The smallest absolute Gasteiger partial charge is 0.307 e. The minimum absolute atomic E-state index is 0.0539. The number of hydrogen-bond donors (Lipinski definition) is 3. The van der Waals surface area contributed by atoms with Crippen LogP contribution in [0.25, 0.3) is 0 Å². The third kappa shape index (κ3) is 4.15. The van der Waals surface area contributed by atoms with Gasteiger partial charge in [-0.1, -0.05) is 0 Å². The summed E-state index contributed by atoms with van der Waals surface area (Å²) in [5.74, 6) is -2.30. The number of amides is 1. The Morgan fingerprint density at radius 2 is 2.05 bits per heavy atom. The van der Waals surface area contributed by atoms with Crippen molar-refractivity contribution in [1.82, 2.24) is 9.03 Å². The third-order valence-electron chi connectivity index (χ3n) is 3.44. The molecule has 0 aromatic carbocycles. The lowest BCUT2D eigenvalue weighted by molar-refractivity contribution is -0.142. The van der Waals surface area contributed by atoms with Crippen molar-refractivity contribution in [2.75, 3.05) is 19.6 Å². The number of primary amides is 1. The molecule has 0 aliphatic carbocycles. The van der Waals surface area contributed by atoms with Crippen molar-refractivity contribution in [2.45, 2.75) is 26.7 Å². The number of nitrogens with two attached hydrogens (primary N) is 1. The van der Waals surface area contributed by atoms with E-state index in [1.165, 1.54) is 13.8 Å². The first-order chi connectivity index (χ1) is 9.06. The maximum absolute atomic E-state index is 12.1. The fourth-order valence-corrected chi connectivity index (χ4v) is 3.28. The van der Waals surface area contributed by atoms with E-state index in [2.05, 4.69) is 4.72 Å². The van der Waals surface area contributed by atoms with E-state index in [0.29, 0.717) is 12.8 Å². The lowest BCUT2D eigenvalue weighted by Crippen LogP contribution is -2.50. The fraction of sp³-hybridized carbons (Fsp3) is 0.818. The van der Waals surface area contributed by atoms with Crippen molar-refractivity contribution in [1.29, 1.82) is 0 Å². The molecule has 9 heteroatoms. The molecule has 1 fully saturated rings. The molecule has 0 aromatic rings. The van der Waals surface area contributed by atoms with Gasteiger partial charge in [-0.25, -0.2) is 4.72 Å². The minimum Gasteiger partial charge on any atom is -0.481 e. The molecule has 1 rings (SSSR count). The lowest BCUT2D eigenvalue weighted by atomic mass is 9.93. The highest BCUT2D eigenvalue weighted by molar-refractivity contribution is 7.87. The van der Waals surface area contributed by atoms with Crippen molar-refractivity contribution in [3.8, 4) is 0 Å². The average molecular weight is 307 g/mol. The Labute approximate surface area is 118 Å². The number of carbonyl (C=O) groups is 2. The molecule has 0 saturated carbocycles. The molecule has 20 heavy (non-hydrogen) atoms. The van der Waals surface area contributed by atoms with Crippen LogP contribution in [-0.4, -0.2) is 49.3 Å². The van der Waals surface area contributed by atoms with Crippen LogP contribution in [0.5, 0.6) is 0 Å². The fourth-order valence-electron chi connectivity index (χ4n) is 1.81. The molecule has 0 aromatic heterocycles. The quantitative estimate of drug-likeness (QED) is 0.587. The highest BCUT2D eigenvalue weighted by Gasteiger charge is 2.34. The summed E-state index contributed by atoms with van der Waals surface area (Å²) in [5, 5.41) is 8.95. The van der Waals surface area contributed by atoms with Crippen LogP contribution in [0.15, 0.2) is 0 Å². The predicted molar refractivity (Wildman–Crippen MR) is 71.8 cm³/mol. The second-order valence-corrected chi connectivity index (χ2v) is 7.36. The van der Waals surface area contributed by atoms with Gasteiger partial charge in [0.05, 0.1) is 11.3 Å². The topological polar surface area (TPSA) is 130 Å². The standard InChI is InChI=1S/C11H21N3O5S/c1-11(2,10(12)17)7-13-20(18,19)14-5-3-4-8(6-14)9(15)16/h8,13H,3-7H2,1-2H3,(H2,12,17)(H,15,16). The maximum Gasteiger partial charge on any atom is 0.307 e. The van der Waals surface area contributed by atoms with Crippen LogP contribution in [0.4, 0.5) is 0 Å². The number of carboxylic acids is 1. The molecule has 1 aliphatic heterocycles. The van der Waals surface area contributed by atoms with Crippen LogP contribution in [0.1, 0.15) is 26.7 Å². The first-order valence-corrected chi connectivity index (χ1v) is 7.78. The number of hydrogen-bond acceptors (Lipinski definition) is 4. The van der Waals surface area contributed by atoms with E-state index in [1.807, 2.05) is 0 Å². The Bertz CT molecular complexity index is 488. The molecule has 4 N–H and O–H groups in total. The summed E-state index contributed by atoms with van der Waals surface area (Å²) < 4.78 is 27.6. The minimum atomic E-state index is -3.80. The zero-order valence-electron chi connectivity index (χ0n) is 11.6. The van der Waals surface area contributed by atoms with Gasteiger partial charge in [0, 0.05) is 19.6 Å². The molecule has 1 atom stereocenters. The Kier molecular flexibility index (Phi) is 5.11. The molecule has 0 bridgehead atoms. The van der Waals surface area contributed by atoms with Gasteiger partial charge in [-0.05, 0) is 26.7 Å². The van der Waals surface area contributed by atoms with Gasteiger partial charge >= 0.3 is 5.97 Å². The molecule has 1 saturated heterocycles. The third-order valence-corrected chi connectivity index (χ3v) is 4.96. The summed E-state index contributed by atoms with van der Waals surface area (Å²) in [6.45, 7) is 3.17. The van der Waals surface area contributed by atoms with E-state index in [9.17, 15) is 18.0 Å². The maximum atomic E-state index is 12.1. The summed E-state index contributed by atoms with van der Waals surface area (Å²) in [7, 11) is -3.80. The molecule has 8 nitrogen and oxygen atoms in total. The van der Waals surface area contributed by atoms with E-state index in [0.717, 1.165) is 4.31 Å². The summed E-state index contributed by atoms with van der Waals surface area (Å²) in [6.07, 6.45) is 0.964.